The van der Waals surface area contributed by atoms with Crippen LogP contribution in [-0.2, 0) is 16.6 Å². The minimum Gasteiger partial charge on any atom is -0.399 e. The van der Waals surface area contributed by atoms with Crippen molar-refractivity contribution in [1.29, 1.82) is 0 Å². The Kier molecular flexibility index (Phi) is 4.04. The van der Waals surface area contributed by atoms with Crippen LogP contribution < -0.4 is 5.73 Å². The molecule has 18 heavy (non-hydrogen) atoms. The normalized spacial score (nSPS) is 12.3. The van der Waals surface area contributed by atoms with Gasteiger partial charge in [-0.15, -0.1) is 0 Å². The van der Waals surface area contributed by atoms with Gasteiger partial charge in [-0.3, -0.25) is 4.21 Å². The van der Waals surface area contributed by atoms with Crippen molar-refractivity contribution in [3.05, 3.63) is 58.6 Å². The van der Waals surface area contributed by atoms with Gasteiger partial charge in [-0.2, -0.15) is 0 Å². The van der Waals surface area contributed by atoms with Crippen molar-refractivity contribution in [3.8, 4) is 0 Å². The summed E-state index contributed by atoms with van der Waals surface area (Å²) in [6.07, 6.45) is 0. The number of benzene rings is 2. The molecular weight excluding hydrogens is 266 g/mol. The molecule has 1 atom stereocenters. The van der Waals surface area contributed by atoms with Gasteiger partial charge < -0.3 is 5.73 Å². The molecule has 2 aromatic rings. The molecule has 0 aliphatic rings. The first-order chi connectivity index (χ1) is 8.56. The number of rotatable bonds is 3. The molecule has 2 N–H and O–H groups in total. The van der Waals surface area contributed by atoms with Gasteiger partial charge in [0.1, 0.15) is 0 Å². The van der Waals surface area contributed by atoms with E-state index in [4.69, 9.17) is 17.3 Å². The molecule has 0 saturated carbocycles. The summed E-state index contributed by atoms with van der Waals surface area (Å²) in [4.78, 5) is 0.822. The molecule has 0 aliphatic carbocycles. The van der Waals surface area contributed by atoms with Crippen LogP contribution in [0.15, 0.2) is 47.4 Å². The number of anilines is 1. The lowest BCUT2D eigenvalue weighted by atomic mass is 10.2. The third-order valence-corrected chi connectivity index (χ3v) is 4.32. The van der Waals surface area contributed by atoms with Crippen LogP contribution in [-0.4, -0.2) is 4.21 Å². The molecule has 0 heterocycles. The van der Waals surface area contributed by atoms with Crippen LogP contribution in [0.1, 0.15) is 11.1 Å². The number of nitrogens with two attached hydrogens (primary N) is 1. The molecule has 0 spiro atoms. The molecule has 4 heteroatoms. The fourth-order valence-corrected chi connectivity index (χ4v) is 3.25. The highest BCUT2D eigenvalue weighted by atomic mass is 35.5. The fourth-order valence-electron chi connectivity index (χ4n) is 1.66. The predicted molar refractivity (Wildman–Crippen MR) is 77.2 cm³/mol. The Hall–Kier alpha value is -1.32. The smallest absolute Gasteiger partial charge is 0.0574 e. The van der Waals surface area contributed by atoms with E-state index in [1.165, 1.54) is 0 Å². The van der Waals surface area contributed by atoms with Crippen molar-refractivity contribution in [1.82, 2.24) is 0 Å². The Morgan fingerprint density at radius 2 is 2.00 bits per heavy atom. The summed E-state index contributed by atoms with van der Waals surface area (Å²) < 4.78 is 12.2. The first-order valence-electron chi connectivity index (χ1n) is 5.55. The molecule has 0 saturated heterocycles. The quantitative estimate of drug-likeness (QED) is 0.874. The zero-order chi connectivity index (χ0) is 13.1. The summed E-state index contributed by atoms with van der Waals surface area (Å²) in [7, 11) is -1.09. The molecule has 1 unspecified atom stereocenters. The maximum absolute atomic E-state index is 12.2. The molecule has 2 rings (SSSR count). The van der Waals surface area contributed by atoms with E-state index in [0.29, 0.717) is 16.5 Å². The van der Waals surface area contributed by atoms with Crippen molar-refractivity contribution in [2.24, 2.45) is 0 Å². The maximum atomic E-state index is 12.2. The van der Waals surface area contributed by atoms with Crippen molar-refractivity contribution in [2.75, 3.05) is 5.73 Å². The van der Waals surface area contributed by atoms with Crippen LogP contribution in [0, 0.1) is 6.92 Å². The average molecular weight is 280 g/mol. The zero-order valence-corrected chi connectivity index (χ0v) is 11.6. The van der Waals surface area contributed by atoms with Gasteiger partial charge in [-0.1, -0.05) is 29.8 Å². The highest BCUT2D eigenvalue weighted by molar-refractivity contribution is 7.84. The van der Waals surface area contributed by atoms with Gasteiger partial charge in [0.2, 0.25) is 0 Å². The van der Waals surface area contributed by atoms with Crippen molar-refractivity contribution in [2.45, 2.75) is 17.6 Å². The van der Waals surface area contributed by atoms with Crippen LogP contribution in [0.4, 0.5) is 5.69 Å². The lowest BCUT2D eigenvalue weighted by molar-refractivity contribution is 0.682. The van der Waals surface area contributed by atoms with E-state index in [-0.39, 0.29) is 0 Å². The number of nitrogen functional groups attached to an aromatic ring is 1. The summed E-state index contributed by atoms with van der Waals surface area (Å²) in [6.45, 7) is 1.98. The summed E-state index contributed by atoms with van der Waals surface area (Å²) in [5.41, 5.74) is 8.20. The summed E-state index contributed by atoms with van der Waals surface area (Å²) in [6, 6.07) is 13.0. The van der Waals surface area contributed by atoms with E-state index < -0.39 is 10.8 Å². The first kappa shape index (κ1) is 13.1. The second-order valence-corrected chi connectivity index (χ2v) is 6.02. The predicted octanol–water partition coefficient (Wildman–Crippen LogP) is 3.54. The van der Waals surface area contributed by atoms with Crippen LogP contribution in [0.3, 0.4) is 0 Å². The third-order valence-electron chi connectivity index (χ3n) is 2.62. The highest BCUT2D eigenvalue weighted by Gasteiger charge is 2.08. The molecule has 0 radical (unpaired) electrons. The summed E-state index contributed by atoms with van der Waals surface area (Å²) in [5.74, 6) is 0.405. The second-order valence-electron chi connectivity index (χ2n) is 4.16. The summed E-state index contributed by atoms with van der Waals surface area (Å²) in [5, 5.41) is 0.566. The molecule has 0 aliphatic heterocycles. The Morgan fingerprint density at radius 1 is 1.22 bits per heavy atom. The molecule has 2 aromatic carbocycles. The zero-order valence-electron chi connectivity index (χ0n) is 10.0. The molecule has 0 bridgehead atoms. The topological polar surface area (TPSA) is 43.1 Å². The van der Waals surface area contributed by atoms with Crippen molar-refractivity contribution in [3.63, 3.8) is 0 Å². The van der Waals surface area contributed by atoms with Gasteiger partial charge >= 0.3 is 0 Å². The lowest BCUT2D eigenvalue weighted by Gasteiger charge is -2.06. The number of hydrogen-bond donors (Lipinski definition) is 1. The monoisotopic (exact) mass is 279 g/mol. The third kappa shape index (κ3) is 3.12. The van der Waals surface area contributed by atoms with E-state index in [0.717, 1.165) is 16.0 Å². The van der Waals surface area contributed by atoms with Crippen LogP contribution in [0.25, 0.3) is 0 Å². The maximum Gasteiger partial charge on any atom is 0.0574 e. The Balaban J connectivity index is 2.21. The van der Waals surface area contributed by atoms with Crippen molar-refractivity contribution >= 4 is 28.1 Å². The molecule has 0 aromatic heterocycles. The standard InChI is InChI=1S/C14H14ClNOS/c1-10-3-2-4-13(7-10)18(17)9-11-5-6-12(16)8-14(11)15/h2-8H,9,16H2,1H3. The fraction of sp³-hybridized carbons (Fsp3) is 0.143. The molecular formula is C14H14ClNOS. The number of hydrogen-bond acceptors (Lipinski definition) is 2. The van der Waals surface area contributed by atoms with Gasteiger partial charge in [0.15, 0.2) is 0 Å². The van der Waals surface area contributed by atoms with E-state index in [1.807, 2.05) is 37.3 Å². The van der Waals surface area contributed by atoms with Crippen LogP contribution >= 0.6 is 11.6 Å². The van der Waals surface area contributed by atoms with Gasteiger partial charge in [-0.05, 0) is 42.3 Å². The Labute approximate surface area is 114 Å². The summed E-state index contributed by atoms with van der Waals surface area (Å²) >= 11 is 6.08. The van der Waals surface area contributed by atoms with Crippen LogP contribution in [0.2, 0.25) is 5.02 Å². The molecule has 0 amide bonds. The first-order valence-corrected chi connectivity index (χ1v) is 7.25. The number of halogens is 1. The Morgan fingerprint density at radius 3 is 2.67 bits per heavy atom. The van der Waals surface area contributed by atoms with Crippen molar-refractivity contribution < 1.29 is 4.21 Å². The molecule has 0 fully saturated rings. The van der Waals surface area contributed by atoms with Gasteiger partial charge in [0.25, 0.3) is 0 Å². The highest BCUT2D eigenvalue weighted by Crippen LogP contribution is 2.22. The van der Waals surface area contributed by atoms with E-state index >= 15 is 0 Å². The molecule has 94 valence electrons. The van der Waals surface area contributed by atoms with Gasteiger partial charge in [0, 0.05) is 15.6 Å². The van der Waals surface area contributed by atoms with E-state index in [9.17, 15) is 4.21 Å². The van der Waals surface area contributed by atoms with Gasteiger partial charge in [0.05, 0.1) is 16.6 Å². The average Bonchev–Trinajstić information content (AvgIpc) is 2.32. The minimum atomic E-state index is -1.09. The SMILES string of the molecule is Cc1cccc(S(=O)Cc2ccc(N)cc2Cl)c1. The lowest BCUT2D eigenvalue weighted by Crippen LogP contribution is -1.98. The largest absolute Gasteiger partial charge is 0.399 e. The van der Waals surface area contributed by atoms with Gasteiger partial charge in [-0.25, -0.2) is 0 Å². The molecule has 2 nitrogen and oxygen atoms in total. The van der Waals surface area contributed by atoms with E-state index in [1.54, 1.807) is 12.1 Å². The number of aryl methyl sites for hydroxylation is 1. The van der Waals surface area contributed by atoms with Crippen LogP contribution in [0.5, 0.6) is 0 Å². The Bertz CT molecular complexity index is 598. The minimum absolute atomic E-state index is 0.405. The second kappa shape index (κ2) is 5.55. The van der Waals surface area contributed by atoms with E-state index in [2.05, 4.69) is 0 Å².